The minimum atomic E-state index is -1.03. The van der Waals surface area contributed by atoms with Crippen LogP contribution in [-0.2, 0) is 9.59 Å². The van der Waals surface area contributed by atoms with Gasteiger partial charge < -0.3 is 11.1 Å². The van der Waals surface area contributed by atoms with E-state index in [-0.39, 0.29) is 0 Å². The van der Waals surface area contributed by atoms with Crippen molar-refractivity contribution in [3.63, 3.8) is 0 Å². The van der Waals surface area contributed by atoms with E-state index in [1.165, 1.54) is 6.20 Å². The number of hydrogen-bond acceptors (Lipinski definition) is 5. The van der Waals surface area contributed by atoms with Crippen LogP contribution in [0.25, 0.3) is 0 Å². The minimum absolute atomic E-state index is 0.397. The van der Waals surface area contributed by atoms with E-state index in [2.05, 4.69) is 20.6 Å². The number of nitrogens with two attached hydrogens (primary N) is 1. The maximum Gasteiger partial charge on any atom is 0.314 e. The molecule has 1 aromatic heterocycles. The van der Waals surface area contributed by atoms with Gasteiger partial charge >= 0.3 is 11.8 Å². The number of rotatable bonds is 1. The van der Waals surface area contributed by atoms with Gasteiger partial charge in [0.15, 0.2) is 0 Å². The lowest BCUT2D eigenvalue weighted by molar-refractivity contribution is -0.134. The van der Waals surface area contributed by atoms with Gasteiger partial charge in [0.1, 0.15) is 5.00 Å². The fourth-order valence-corrected chi connectivity index (χ4v) is 0.811. The van der Waals surface area contributed by atoms with E-state index in [0.717, 1.165) is 11.5 Å². The van der Waals surface area contributed by atoms with Gasteiger partial charge in [-0.25, -0.2) is 0 Å². The number of hydrogen-bond donors (Lipinski definition) is 2. The first kappa shape index (κ1) is 7.61. The number of nitrogens with zero attached hydrogens (tertiary/aromatic N) is 2. The molecule has 0 bridgehead atoms. The zero-order valence-corrected chi connectivity index (χ0v) is 6.09. The Morgan fingerprint density at radius 2 is 2.36 bits per heavy atom. The van der Waals surface area contributed by atoms with Crippen molar-refractivity contribution in [2.24, 2.45) is 5.73 Å². The molecule has 6 nitrogen and oxygen atoms in total. The SMILES string of the molecule is NC(=O)C(=O)Nc1cnns1. The van der Waals surface area contributed by atoms with Gasteiger partial charge in [-0.3, -0.25) is 9.59 Å². The molecular formula is C4H4N4O2S. The molecular weight excluding hydrogens is 168 g/mol. The van der Waals surface area contributed by atoms with E-state index in [1.54, 1.807) is 0 Å². The van der Waals surface area contributed by atoms with Gasteiger partial charge in [0.25, 0.3) is 0 Å². The molecule has 0 atom stereocenters. The Labute approximate surface area is 65.6 Å². The van der Waals surface area contributed by atoms with Crippen LogP contribution in [-0.4, -0.2) is 21.4 Å². The highest BCUT2D eigenvalue weighted by Crippen LogP contribution is 2.07. The Kier molecular flexibility index (Phi) is 2.12. The lowest BCUT2D eigenvalue weighted by atomic mass is 10.6. The highest BCUT2D eigenvalue weighted by atomic mass is 32.1. The highest BCUT2D eigenvalue weighted by Gasteiger charge is 2.09. The monoisotopic (exact) mass is 172 g/mol. The van der Waals surface area contributed by atoms with Crippen molar-refractivity contribution < 1.29 is 9.59 Å². The molecule has 7 heteroatoms. The molecule has 2 amide bonds. The summed E-state index contributed by atoms with van der Waals surface area (Å²) in [5, 5.41) is 6.03. The van der Waals surface area contributed by atoms with Gasteiger partial charge in [-0.05, 0) is 0 Å². The molecule has 0 aliphatic carbocycles. The van der Waals surface area contributed by atoms with Gasteiger partial charge in [0, 0.05) is 11.5 Å². The third-order valence-corrected chi connectivity index (χ3v) is 1.40. The molecule has 0 aliphatic heterocycles. The Hall–Kier alpha value is -1.50. The van der Waals surface area contributed by atoms with Crippen LogP contribution in [0.15, 0.2) is 6.20 Å². The zero-order chi connectivity index (χ0) is 8.27. The second-order valence-electron chi connectivity index (χ2n) is 1.60. The van der Waals surface area contributed by atoms with Crippen LogP contribution in [0.2, 0.25) is 0 Å². The number of carbonyl (C=O) groups is 2. The van der Waals surface area contributed by atoms with Gasteiger partial charge in [0.05, 0.1) is 6.20 Å². The Bertz CT molecular complexity index is 270. The summed E-state index contributed by atoms with van der Waals surface area (Å²) in [5.74, 6) is -1.89. The van der Waals surface area contributed by atoms with Crippen molar-refractivity contribution in [2.75, 3.05) is 5.32 Å². The fraction of sp³-hybridized carbons (Fsp3) is 0. The summed E-state index contributed by atoms with van der Waals surface area (Å²) in [6.45, 7) is 0. The highest BCUT2D eigenvalue weighted by molar-refractivity contribution is 7.10. The van der Waals surface area contributed by atoms with E-state index < -0.39 is 11.8 Å². The second-order valence-corrected chi connectivity index (χ2v) is 2.39. The van der Waals surface area contributed by atoms with Gasteiger partial charge in [-0.1, -0.05) is 4.49 Å². The molecule has 0 aliphatic rings. The zero-order valence-electron chi connectivity index (χ0n) is 5.27. The molecule has 0 saturated carbocycles. The maximum atomic E-state index is 10.6. The summed E-state index contributed by atoms with van der Waals surface area (Å²) < 4.78 is 3.46. The van der Waals surface area contributed by atoms with Crippen molar-refractivity contribution in [3.05, 3.63) is 6.20 Å². The number of primary amides is 1. The normalized spacial score (nSPS) is 9.09. The van der Waals surface area contributed by atoms with Crippen molar-refractivity contribution >= 4 is 28.3 Å². The molecule has 58 valence electrons. The van der Waals surface area contributed by atoms with E-state index >= 15 is 0 Å². The van der Waals surface area contributed by atoms with Crippen molar-refractivity contribution in [2.45, 2.75) is 0 Å². The minimum Gasteiger partial charge on any atom is -0.361 e. The van der Waals surface area contributed by atoms with Gasteiger partial charge in [-0.15, -0.1) is 5.10 Å². The smallest absolute Gasteiger partial charge is 0.314 e. The van der Waals surface area contributed by atoms with Crippen LogP contribution in [0.3, 0.4) is 0 Å². The van der Waals surface area contributed by atoms with E-state index in [0.29, 0.717) is 5.00 Å². The van der Waals surface area contributed by atoms with Crippen LogP contribution in [0.5, 0.6) is 0 Å². The molecule has 1 aromatic rings. The average Bonchev–Trinajstić information content (AvgIpc) is 2.39. The van der Waals surface area contributed by atoms with Crippen molar-refractivity contribution in [1.82, 2.24) is 9.59 Å². The number of nitrogens with one attached hydrogen (secondary N) is 1. The summed E-state index contributed by atoms with van der Waals surface area (Å²) in [5.41, 5.74) is 4.67. The van der Waals surface area contributed by atoms with E-state index in [4.69, 9.17) is 0 Å². The quantitative estimate of drug-likeness (QED) is 0.529. The summed E-state index contributed by atoms with van der Waals surface area (Å²) in [6.07, 6.45) is 1.32. The second kappa shape index (κ2) is 3.06. The Balaban J connectivity index is 2.57. The number of anilines is 1. The predicted molar refractivity (Wildman–Crippen MR) is 37.7 cm³/mol. The molecule has 3 N–H and O–H groups in total. The molecule has 0 fully saturated rings. The average molecular weight is 172 g/mol. The van der Waals surface area contributed by atoms with Crippen LogP contribution in [0, 0.1) is 0 Å². The fourth-order valence-electron chi connectivity index (χ4n) is 0.396. The summed E-state index contributed by atoms with van der Waals surface area (Å²) >= 11 is 0.968. The van der Waals surface area contributed by atoms with Crippen LogP contribution in [0.4, 0.5) is 5.00 Å². The largest absolute Gasteiger partial charge is 0.361 e. The van der Waals surface area contributed by atoms with Crippen LogP contribution < -0.4 is 11.1 Å². The van der Waals surface area contributed by atoms with E-state index in [9.17, 15) is 9.59 Å². The Morgan fingerprint density at radius 1 is 1.64 bits per heavy atom. The lowest BCUT2D eigenvalue weighted by Gasteiger charge is -1.93. The first-order chi connectivity index (χ1) is 5.20. The molecule has 0 unspecified atom stereocenters. The van der Waals surface area contributed by atoms with E-state index in [1.807, 2.05) is 0 Å². The van der Waals surface area contributed by atoms with Crippen molar-refractivity contribution in [1.29, 1.82) is 0 Å². The molecule has 1 rings (SSSR count). The Morgan fingerprint density at radius 3 is 2.82 bits per heavy atom. The van der Waals surface area contributed by atoms with Crippen molar-refractivity contribution in [3.8, 4) is 0 Å². The number of amides is 2. The standard InChI is InChI=1S/C4H4N4O2S/c5-3(9)4(10)7-2-1-6-8-11-2/h1H,(H2,5,9)(H,7,10). The number of carbonyl (C=O) groups excluding carboxylic acids is 2. The molecule has 11 heavy (non-hydrogen) atoms. The number of aromatic nitrogens is 2. The van der Waals surface area contributed by atoms with Gasteiger partial charge in [0.2, 0.25) is 0 Å². The van der Waals surface area contributed by atoms with Crippen LogP contribution >= 0.6 is 11.5 Å². The van der Waals surface area contributed by atoms with Gasteiger partial charge in [-0.2, -0.15) is 0 Å². The summed E-state index contributed by atoms with van der Waals surface area (Å²) in [6, 6.07) is 0. The summed E-state index contributed by atoms with van der Waals surface area (Å²) in [4.78, 5) is 20.8. The summed E-state index contributed by atoms with van der Waals surface area (Å²) in [7, 11) is 0. The molecule has 0 radical (unpaired) electrons. The lowest BCUT2D eigenvalue weighted by Crippen LogP contribution is -2.29. The first-order valence-corrected chi connectivity index (χ1v) is 3.35. The third-order valence-electron chi connectivity index (χ3n) is 0.822. The third kappa shape index (κ3) is 1.97. The predicted octanol–water partition coefficient (Wildman–Crippen LogP) is -1.04. The molecule has 0 saturated heterocycles. The topological polar surface area (TPSA) is 98.0 Å². The first-order valence-electron chi connectivity index (χ1n) is 2.58. The van der Waals surface area contributed by atoms with Crippen LogP contribution in [0.1, 0.15) is 0 Å². The molecule has 0 aromatic carbocycles. The molecule has 1 heterocycles. The molecule has 0 spiro atoms. The maximum absolute atomic E-state index is 10.6.